The van der Waals surface area contributed by atoms with E-state index in [2.05, 4.69) is 39.6 Å². The van der Waals surface area contributed by atoms with Gasteiger partial charge in [0.05, 0.1) is 0 Å². The van der Waals surface area contributed by atoms with E-state index in [4.69, 9.17) is 4.52 Å². The van der Waals surface area contributed by atoms with Crippen molar-refractivity contribution < 1.29 is 4.52 Å². The lowest BCUT2D eigenvalue weighted by Crippen LogP contribution is -2.45. The Bertz CT molecular complexity index is 481. The third-order valence-electron chi connectivity index (χ3n) is 4.48. The molecule has 0 aliphatic heterocycles. The minimum Gasteiger partial charge on any atom is -0.356 e. The topological polar surface area (TPSA) is 75.3 Å². The van der Waals surface area contributed by atoms with Gasteiger partial charge in [-0.15, -0.1) is 24.0 Å². The normalized spacial score (nSPS) is 21.9. The van der Waals surface area contributed by atoms with Crippen molar-refractivity contribution in [3.63, 3.8) is 0 Å². The van der Waals surface area contributed by atoms with Crippen LogP contribution in [0.25, 0.3) is 0 Å². The average molecular weight is 435 g/mol. The molecular weight excluding hydrogens is 405 g/mol. The van der Waals surface area contributed by atoms with Crippen LogP contribution in [-0.2, 0) is 6.42 Å². The SMILES string of the molecule is CN=C(NCCc1nc(C)no1)NC1CCC(C(C)C)CC1.I. The zero-order chi connectivity index (χ0) is 15.9. The van der Waals surface area contributed by atoms with E-state index < -0.39 is 0 Å². The first-order valence-corrected chi connectivity index (χ1v) is 8.35. The Morgan fingerprint density at radius 1 is 1.30 bits per heavy atom. The number of guanidine groups is 1. The first-order valence-electron chi connectivity index (χ1n) is 8.35. The molecule has 1 aromatic rings. The molecule has 6 nitrogen and oxygen atoms in total. The van der Waals surface area contributed by atoms with Crippen molar-refractivity contribution in [2.75, 3.05) is 13.6 Å². The van der Waals surface area contributed by atoms with Crippen LogP contribution in [-0.4, -0.2) is 35.7 Å². The maximum atomic E-state index is 5.10. The molecule has 0 bridgehead atoms. The lowest BCUT2D eigenvalue weighted by atomic mass is 9.80. The third kappa shape index (κ3) is 6.64. The van der Waals surface area contributed by atoms with Gasteiger partial charge >= 0.3 is 0 Å². The zero-order valence-corrected chi connectivity index (χ0v) is 17.0. The summed E-state index contributed by atoms with van der Waals surface area (Å²) in [4.78, 5) is 8.50. The number of aliphatic imine (C=N–C) groups is 1. The maximum Gasteiger partial charge on any atom is 0.228 e. The monoisotopic (exact) mass is 435 g/mol. The van der Waals surface area contributed by atoms with Crippen LogP contribution in [0.15, 0.2) is 9.52 Å². The van der Waals surface area contributed by atoms with Gasteiger partial charge in [-0.25, -0.2) is 0 Å². The fraction of sp³-hybridized carbons (Fsp3) is 0.812. The Hall–Kier alpha value is -0.860. The molecule has 0 spiro atoms. The quantitative estimate of drug-likeness (QED) is 0.423. The summed E-state index contributed by atoms with van der Waals surface area (Å²) in [5.74, 6) is 3.89. The Balaban J connectivity index is 0.00000264. The Morgan fingerprint density at radius 2 is 2.00 bits per heavy atom. The molecule has 2 rings (SSSR count). The molecular formula is C16H30IN5O. The molecule has 2 N–H and O–H groups in total. The van der Waals surface area contributed by atoms with Gasteiger partial charge in [-0.1, -0.05) is 19.0 Å². The predicted molar refractivity (Wildman–Crippen MR) is 103 cm³/mol. The van der Waals surface area contributed by atoms with Crippen molar-refractivity contribution in [1.82, 2.24) is 20.8 Å². The van der Waals surface area contributed by atoms with Crippen molar-refractivity contribution in [1.29, 1.82) is 0 Å². The highest BCUT2D eigenvalue weighted by Gasteiger charge is 2.23. The molecule has 0 aromatic carbocycles. The van der Waals surface area contributed by atoms with E-state index in [1.807, 2.05) is 14.0 Å². The third-order valence-corrected chi connectivity index (χ3v) is 4.48. The highest BCUT2D eigenvalue weighted by molar-refractivity contribution is 14.0. The molecule has 7 heteroatoms. The first-order chi connectivity index (χ1) is 10.6. The van der Waals surface area contributed by atoms with E-state index >= 15 is 0 Å². The number of hydrogen-bond donors (Lipinski definition) is 2. The van der Waals surface area contributed by atoms with Gasteiger partial charge in [0.25, 0.3) is 0 Å². The standard InChI is InChI=1S/C16H29N5O.HI/c1-11(2)13-5-7-14(8-6-13)20-16(17-4)18-10-9-15-19-12(3)21-22-15;/h11,13-14H,5-10H2,1-4H3,(H2,17,18,20);1H. The Labute approximate surface area is 156 Å². The summed E-state index contributed by atoms with van der Waals surface area (Å²) in [6, 6.07) is 0.534. The summed E-state index contributed by atoms with van der Waals surface area (Å²) < 4.78 is 5.10. The maximum absolute atomic E-state index is 5.10. The van der Waals surface area contributed by atoms with Crippen LogP contribution in [0.1, 0.15) is 51.2 Å². The minimum absolute atomic E-state index is 0. The first kappa shape index (κ1) is 20.2. The highest BCUT2D eigenvalue weighted by Crippen LogP contribution is 2.29. The fourth-order valence-electron chi connectivity index (χ4n) is 3.05. The molecule has 0 atom stereocenters. The molecule has 1 fully saturated rings. The van der Waals surface area contributed by atoms with Crippen LogP contribution >= 0.6 is 24.0 Å². The molecule has 1 saturated carbocycles. The zero-order valence-electron chi connectivity index (χ0n) is 14.6. The molecule has 23 heavy (non-hydrogen) atoms. The number of hydrogen-bond acceptors (Lipinski definition) is 4. The lowest BCUT2D eigenvalue weighted by Gasteiger charge is -2.32. The van der Waals surface area contributed by atoms with Gasteiger partial charge in [0.2, 0.25) is 5.89 Å². The number of nitrogens with one attached hydrogen (secondary N) is 2. The Morgan fingerprint density at radius 3 is 2.52 bits per heavy atom. The van der Waals surface area contributed by atoms with Crippen LogP contribution < -0.4 is 10.6 Å². The Kier molecular flexibility index (Phi) is 8.86. The molecule has 1 aliphatic rings. The molecule has 0 amide bonds. The van der Waals surface area contributed by atoms with Gasteiger partial charge in [0.15, 0.2) is 11.8 Å². The number of aryl methyl sites for hydroxylation is 1. The number of aromatic nitrogens is 2. The molecule has 0 unspecified atom stereocenters. The number of rotatable bonds is 5. The summed E-state index contributed by atoms with van der Waals surface area (Å²) in [7, 11) is 1.81. The van der Waals surface area contributed by atoms with Gasteiger partial charge < -0.3 is 15.2 Å². The van der Waals surface area contributed by atoms with Gasteiger partial charge in [-0.3, -0.25) is 4.99 Å². The molecule has 1 heterocycles. The smallest absolute Gasteiger partial charge is 0.228 e. The fourth-order valence-corrected chi connectivity index (χ4v) is 3.05. The molecule has 0 radical (unpaired) electrons. The van der Waals surface area contributed by atoms with Crippen LogP contribution in [0.5, 0.6) is 0 Å². The van der Waals surface area contributed by atoms with E-state index in [1.165, 1.54) is 25.7 Å². The summed E-state index contributed by atoms with van der Waals surface area (Å²) in [6.45, 7) is 7.23. The minimum atomic E-state index is 0. The second kappa shape index (κ2) is 10.1. The molecule has 132 valence electrons. The summed E-state index contributed by atoms with van der Waals surface area (Å²) in [5.41, 5.74) is 0. The molecule has 0 saturated heterocycles. The van der Waals surface area contributed by atoms with E-state index in [-0.39, 0.29) is 24.0 Å². The highest BCUT2D eigenvalue weighted by atomic mass is 127. The van der Waals surface area contributed by atoms with Crippen LogP contribution in [0.2, 0.25) is 0 Å². The van der Waals surface area contributed by atoms with Crippen molar-refractivity contribution in [2.45, 2.75) is 58.9 Å². The second-order valence-electron chi connectivity index (χ2n) is 6.48. The second-order valence-corrected chi connectivity index (χ2v) is 6.48. The molecule has 1 aliphatic carbocycles. The van der Waals surface area contributed by atoms with E-state index in [0.29, 0.717) is 24.2 Å². The number of nitrogens with zero attached hydrogens (tertiary/aromatic N) is 3. The predicted octanol–water partition coefficient (Wildman–Crippen LogP) is 2.92. The van der Waals surface area contributed by atoms with E-state index in [9.17, 15) is 0 Å². The van der Waals surface area contributed by atoms with Gasteiger partial charge in [0.1, 0.15) is 0 Å². The van der Waals surface area contributed by atoms with Crippen LogP contribution in [0.3, 0.4) is 0 Å². The summed E-state index contributed by atoms with van der Waals surface area (Å²) >= 11 is 0. The van der Waals surface area contributed by atoms with E-state index in [1.54, 1.807) is 0 Å². The van der Waals surface area contributed by atoms with Crippen LogP contribution in [0, 0.1) is 18.8 Å². The van der Waals surface area contributed by atoms with Gasteiger partial charge in [-0.05, 0) is 44.4 Å². The lowest BCUT2D eigenvalue weighted by molar-refractivity contribution is 0.250. The van der Waals surface area contributed by atoms with Gasteiger partial charge in [-0.2, -0.15) is 4.98 Å². The van der Waals surface area contributed by atoms with Crippen LogP contribution in [0.4, 0.5) is 0 Å². The van der Waals surface area contributed by atoms with Crippen molar-refractivity contribution in [2.24, 2.45) is 16.8 Å². The summed E-state index contributed by atoms with van der Waals surface area (Å²) in [5, 5.41) is 10.6. The van der Waals surface area contributed by atoms with Crippen molar-refractivity contribution >= 4 is 29.9 Å². The van der Waals surface area contributed by atoms with Crippen molar-refractivity contribution in [3.8, 4) is 0 Å². The summed E-state index contributed by atoms with van der Waals surface area (Å²) in [6.07, 6.45) is 5.79. The van der Waals surface area contributed by atoms with E-state index in [0.717, 1.165) is 24.3 Å². The number of halogens is 1. The average Bonchev–Trinajstić information content (AvgIpc) is 2.92. The van der Waals surface area contributed by atoms with Gasteiger partial charge in [0, 0.05) is 26.1 Å². The van der Waals surface area contributed by atoms with Crippen molar-refractivity contribution in [3.05, 3.63) is 11.7 Å². The molecule has 1 aromatic heterocycles. The largest absolute Gasteiger partial charge is 0.356 e.